The van der Waals surface area contributed by atoms with Gasteiger partial charge in [-0.2, -0.15) is 0 Å². The smallest absolute Gasteiger partial charge is 0.144 e. The SMILES string of the molecule is CNc1nc(CN2CCC2)ncc1I. The first kappa shape index (κ1) is 10.1. The lowest BCUT2D eigenvalue weighted by atomic mass is 10.2. The van der Waals surface area contributed by atoms with Crippen LogP contribution in [0.25, 0.3) is 0 Å². The van der Waals surface area contributed by atoms with Crippen LogP contribution in [0.5, 0.6) is 0 Å². The number of halogens is 1. The Balaban J connectivity index is 2.09. The van der Waals surface area contributed by atoms with Gasteiger partial charge in [0, 0.05) is 13.2 Å². The van der Waals surface area contributed by atoms with Crippen LogP contribution in [0.2, 0.25) is 0 Å². The van der Waals surface area contributed by atoms with Crippen molar-refractivity contribution < 1.29 is 0 Å². The topological polar surface area (TPSA) is 41.1 Å². The molecule has 1 aromatic heterocycles. The third-order valence-corrected chi connectivity index (χ3v) is 3.13. The number of rotatable bonds is 3. The predicted molar refractivity (Wildman–Crippen MR) is 64.2 cm³/mol. The van der Waals surface area contributed by atoms with E-state index in [9.17, 15) is 0 Å². The molecule has 1 aromatic rings. The summed E-state index contributed by atoms with van der Waals surface area (Å²) in [6.07, 6.45) is 3.18. The van der Waals surface area contributed by atoms with E-state index in [1.54, 1.807) is 0 Å². The van der Waals surface area contributed by atoms with Gasteiger partial charge in [-0.25, -0.2) is 9.97 Å². The van der Waals surface area contributed by atoms with Crippen molar-refractivity contribution in [1.82, 2.24) is 14.9 Å². The molecule has 1 fully saturated rings. The summed E-state index contributed by atoms with van der Waals surface area (Å²) in [4.78, 5) is 11.1. The minimum atomic E-state index is 0.881. The summed E-state index contributed by atoms with van der Waals surface area (Å²) in [5, 5.41) is 3.07. The molecule has 4 nitrogen and oxygen atoms in total. The van der Waals surface area contributed by atoms with Gasteiger partial charge < -0.3 is 5.32 Å². The normalized spacial score (nSPS) is 16.4. The van der Waals surface area contributed by atoms with E-state index in [0.717, 1.165) is 21.8 Å². The molecule has 0 amide bonds. The van der Waals surface area contributed by atoms with E-state index < -0.39 is 0 Å². The van der Waals surface area contributed by atoms with Gasteiger partial charge in [0.2, 0.25) is 0 Å². The average Bonchev–Trinajstić information content (AvgIpc) is 2.14. The first-order valence-corrected chi connectivity index (χ1v) is 5.79. The summed E-state index contributed by atoms with van der Waals surface area (Å²) in [5.74, 6) is 1.84. The van der Waals surface area contributed by atoms with E-state index in [2.05, 4.69) is 42.8 Å². The van der Waals surface area contributed by atoms with Crippen LogP contribution < -0.4 is 5.32 Å². The Labute approximate surface area is 97.3 Å². The van der Waals surface area contributed by atoms with Crippen LogP contribution in [0.1, 0.15) is 12.2 Å². The molecule has 0 atom stereocenters. The second-order valence-corrected chi connectivity index (χ2v) is 4.52. The number of nitrogens with one attached hydrogen (secondary N) is 1. The summed E-state index contributed by atoms with van der Waals surface area (Å²) < 4.78 is 1.07. The van der Waals surface area contributed by atoms with E-state index in [1.807, 2.05) is 13.2 Å². The fourth-order valence-electron chi connectivity index (χ4n) is 1.39. The third kappa shape index (κ3) is 2.14. The van der Waals surface area contributed by atoms with Gasteiger partial charge in [0.05, 0.1) is 10.1 Å². The summed E-state index contributed by atoms with van der Waals surface area (Å²) in [6, 6.07) is 0. The molecule has 14 heavy (non-hydrogen) atoms. The van der Waals surface area contributed by atoms with Gasteiger partial charge in [-0.1, -0.05) is 0 Å². The molecule has 0 aliphatic carbocycles. The standard InChI is InChI=1S/C9H13IN4/c1-11-9-7(10)5-12-8(13-9)6-14-3-2-4-14/h5H,2-4,6H2,1H3,(H,11,12,13). The molecule has 2 rings (SSSR count). The molecule has 0 bridgehead atoms. The highest BCUT2D eigenvalue weighted by Crippen LogP contribution is 2.15. The van der Waals surface area contributed by atoms with Crippen LogP contribution >= 0.6 is 22.6 Å². The van der Waals surface area contributed by atoms with Crippen LogP contribution in [-0.4, -0.2) is 35.0 Å². The van der Waals surface area contributed by atoms with Crippen LogP contribution in [0, 0.1) is 3.57 Å². The highest BCUT2D eigenvalue weighted by Gasteiger charge is 2.15. The fraction of sp³-hybridized carbons (Fsp3) is 0.556. The molecule has 1 saturated heterocycles. The first-order valence-electron chi connectivity index (χ1n) is 4.71. The largest absolute Gasteiger partial charge is 0.372 e. The molecule has 0 radical (unpaired) electrons. The molecular weight excluding hydrogens is 291 g/mol. The van der Waals surface area contributed by atoms with Crippen molar-refractivity contribution in [2.75, 3.05) is 25.5 Å². The number of hydrogen-bond donors (Lipinski definition) is 1. The Kier molecular flexibility index (Phi) is 3.17. The lowest BCUT2D eigenvalue weighted by Gasteiger charge is -2.29. The lowest BCUT2D eigenvalue weighted by molar-refractivity contribution is 0.168. The Morgan fingerprint density at radius 1 is 1.57 bits per heavy atom. The second kappa shape index (κ2) is 4.39. The van der Waals surface area contributed by atoms with E-state index in [4.69, 9.17) is 0 Å². The van der Waals surface area contributed by atoms with Crippen molar-refractivity contribution in [3.8, 4) is 0 Å². The molecule has 76 valence electrons. The fourth-order valence-corrected chi connectivity index (χ4v) is 1.92. The zero-order chi connectivity index (χ0) is 9.97. The van der Waals surface area contributed by atoms with Gasteiger partial charge in [-0.3, -0.25) is 4.90 Å². The molecule has 1 aliphatic rings. The maximum absolute atomic E-state index is 4.44. The van der Waals surface area contributed by atoms with Crippen molar-refractivity contribution in [2.45, 2.75) is 13.0 Å². The summed E-state index contributed by atoms with van der Waals surface area (Å²) >= 11 is 2.23. The van der Waals surface area contributed by atoms with Crippen LogP contribution in [0.3, 0.4) is 0 Å². The molecule has 0 spiro atoms. The molecule has 2 heterocycles. The Bertz CT molecular complexity index is 325. The van der Waals surface area contributed by atoms with Crippen molar-refractivity contribution in [1.29, 1.82) is 0 Å². The zero-order valence-corrected chi connectivity index (χ0v) is 10.3. The highest BCUT2D eigenvalue weighted by molar-refractivity contribution is 14.1. The zero-order valence-electron chi connectivity index (χ0n) is 8.13. The van der Waals surface area contributed by atoms with Crippen molar-refractivity contribution >= 4 is 28.4 Å². The number of nitrogens with zero attached hydrogens (tertiary/aromatic N) is 3. The summed E-state index contributed by atoms with van der Waals surface area (Å²) in [6.45, 7) is 3.25. The number of anilines is 1. The molecule has 1 N–H and O–H groups in total. The van der Waals surface area contributed by atoms with E-state index in [0.29, 0.717) is 0 Å². The highest BCUT2D eigenvalue weighted by atomic mass is 127. The van der Waals surface area contributed by atoms with Gasteiger partial charge in [0.25, 0.3) is 0 Å². The molecule has 0 aromatic carbocycles. The van der Waals surface area contributed by atoms with Crippen LogP contribution in [0.4, 0.5) is 5.82 Å². The Morgan fingerprint density at radius 2 is 2.36 bits per heavy atom. The molecular formula is C9H13IN4. The predicted octanol–water partition coefficient (Wildman–Crippen LogP) is 1.33. The molecule has 0 saturated carbocycles. The van der Waals surface area contributed by atoms with Gasteiger partial charge in [0.15, 0.2) is 0 Å². The third-order valence-electron chi connectivity index (χ3n) is 2.34. The lowest BCUT2D eigenvalue weighted by Crippen LogP contribution is -2.36. The Morgan fingerprint density at radius 3 is 2.93 bits per heavy atom. The van der Waals surface area contributed by atoms with Crippen molar-refractivity contribution in [3.05, 3.63) is 15.6 Å². The van der Waals surface area contributed by atoms with Gasteiger partial charge in [-0.15, -0.1) is 0 Å². The van der Waals surface area contributed by atoms with Gasteiger partial charge in [0.1, 0.15) is 11.6 Å². The Hall–Kier alpha value is -0.430. The summed E-state index contributed by atoms with van der Waals surface area (Å²) in [7, 11) is 1.89. The van der Waals surface area contributed by atoms with E-state index >= 15 is 0 Å². The first-order chi connectivity index (χ1) is 6.79. The minimum Gasteiger partial charge on any atom is -0.372 e. The second-order valence-electron chi connectivity index (χ2n) is 3.36. The van der Waals surface area contributed by atoms with Crippen LogP contribution in [-0.2, 0) is 6.54 Å². The molecule has 5 heteroatoms. The molecule has 1 aliphatic heterocycles. The number of likely N-dealkylation sites (tertiary alicyclic amines) is 1. The summed E-state index contributed by atoms with van der Waals surface area (Å²) in [5.41, 5.74) is 0. The monoisotopic (exact) mass is 304 g/mol. The molecule has 0 unspecified atom stereocenters. The maximum Gasteiger partial charge on any atom is 0.144 e. The van der Waals surface area contributed by atoms with E-state index in [1.165, 1.54) is 19.5 Å². The van der Waals surface area contributed by atoms with Crippen molar-refractivity contribution in [3.63, 3.8) is 0 Å². The van der Waals surface area contributed by atoms with Gasteiger partial charge >= 0.3 is 0 Å². The van der Waals surface area contributed by atoms with E-state index in [-0.39, 0.29) is 0 Å². The maximum atomic E-state index is 4.44. The van der Waals surface area contributed by atoms with Crippen LogP contribution in [0.15, 0.2) is 6.20 Å². The quantitative estimate of drug-likeness (QED) is 0.856. The number of hydrogen-bond acceptors (Lipinski definition) is 4. The van der Waals surface area contributed by atoms with Crippen molar-refractivity contribution in [2.24, 2.45) is 0 Å². The average molecular weight is 304 g/mol. The number of aromatic nitrogens is 2. The minimum absolute atomic E-state index is 0.881. The van der Waals surface area contributed by atoms with Gasteiger partial charge in [-0.05, 0) is 42.1 Å².